The third kappa shape index (κ3) is 4.12. The highest BCUT2D eigenvalue weighted by Gasteiger charge is 2.41. The number of nitriles is 1. The van der Waals surface area contributed by atoms with Gasteiger partial charge in [-0.2, -0.15) is 5.26 Å². The van der Waals surface area contributed by atoms with E-state index in [1.807, 2.05) is 6.07 Å². The lowest BCUT2D eigenvalue weighted by molar-refractivity contribution is -0.138. The van der Waals surface area contributed by atoms with Crippen molar-refractivity contribution in [2.45, 2.75) is 46.0 Å². The lowest BCUT2D eigenvalue weighted by atomic mass is 9.73. The normalized spacial score (nSPS) is 24.0. The summed E-state index contributed by atoms with van der Waals surface area (Å²) in [4.78, 5) is 21.2. The number of amides is 1. The average molecular weight is 340 g/mol. The van der Waals surface area contributed by atoms with Gasteiger partial charge in [0.2, 0.25) is 5.91 Å². The van der Waals surface area contributed by atoms with Crippen LogP contribution in [0.15, 0.2) is 18.3 Å². The molecule has 0 saturated carbocycles. The summed E-state index contributed by atoms with van der Waals surface area (Å²) in [5.74, 6) is 1.82. The average Bonchev–Trinajstić information content (AvgIpc) is 2.63. The lowest BCUT2D eigenvalue weighted by Crippen LogP contribution is -2.54. The van der Waals surface area contributed by atoms with Crippen molar-refractivity contribution in [1.29, 1.82) is 5.26 Å². The van der Waals surface area contributed by atoms with Crippen LogP contribution in [0, 0.1) is 22.7 Å². The minimum absolute atomic E-state index is 0.174. The molecule has 1 spiro atoms. The monoisotopic (exact) mass is 340 g/mol. The molecule has 25 heavy (non-hydrogen) atoms. The number of pyridine rings is 1. The number of carbonyl (C=O) groups excluding carboxylic acids is 1. The van der Waals surface area contributed by atoms with Gasteiger partial charge in [0.05, 0.1) is 11.6 Å². The zero-order chi connectivity index (χ0) is 17.9. The van der Waals surface area contributed by atoms with Gasteiger partial charge in [0.25, 0.3) is 0 Å². The number of nitrogens with zero attached hydrogens (tertiary/aromatic N) is 4. The Kier molecular flexibility index (Phi) is 5.27. The molecule has 0 radical (unpaired) electrons. The minimum Gasteiger partial charge on any atom is -0.356 e. The van der Waals surface area contributed by atoms with Crippen molar-refractivity contribution in [2.24, 2.45) is 11.3 Å². The minimum atomic E-state index is 0.174. The summed E-state index contributed by atoms with van der Waals surface area (Å²) >= 11 is 0. The second-order valence-corrected chi connectivity index (χ2v) is 8.04. The second kappa shape index (κ2) is 7.43. The smallest absolute Gasteiger partial charge is 0.222 e. The molecule has 1 aromatic rings. The fraction of sp³-hybridized carbons (Fsp3) is 0.650. The van der Waals surface area contributed by atoms with Crippen LogP contribution >= 0.6 is 0 Å². The van der Waals surface area contributed by atoms with Crippen LogP contribution in [-0.2, 0) is 4.79 Å². The van der Waals surface area contributed by atoms with E-state index >= 15 is 0 Å². The zero-order valence-electron chi connectivity index (χ0n) is 15.4. The molecule has 2 fully saturated rings. The maximum Gasteiger partial charge on any atom is 0.222 e. The van der Waals surface area contributed by atoms with Gasteiger partial charge in [-0.15, -0.1) is 0 Å². The molecule has 1 amide bonds. The van der Waals surface area contributed by atoms with Gasteiger partial charge < -0.3 is 9.80 Å². The van der Waals surface area contributed by atoms with Crippen molar-refractivity contribution in [2.75, 3.05) is 31.1 Å². The predicted octanol–water partition coefficient (Wildman–Crippen LogP) is 3.21. The molecule has 2 aliphatic heterocycles. The van der Waals surface area contributed by atoms with E-state index in [9.17, 15) is 4.79 Å². The molecule has 1 aromatic heterocycles. The van der Waals surface area contributed by atoms with Crippen molar-refractivity contribution in [3.63, 3.8) is 0 Å². The van der Waals surface area contributed by atoms with Gasteiger partial charge in [-0.05, 0) is 43.7 Å². The Morgan fingerprint density at radius 3 is 2.96 bits per heavy atom. The number of rotatable bonds is 4. The highest BCUT2D eigenvalue weighted by atomic mass is 16.2. The maximum absolute atomic E-state index is 12.3. The van der Waals surface area contributed by atoms with E-state index in [0.717, 1.165) is 51.3 Å². The zero-order valence-corrected chi connectivity index (χ0v) is 15.4. The van der Waals surface area contributed by atoms with Gasteiger partial charge in [0, 0.05) is 44.2 Å². The van der Waals surface area contributed by atoms with Crippen LogP contribution in [0.1, 0.15) is 51.5 Å². The first-order valence-electron chi connectivity index (χ1n) is 9.40. The van der Waals surface area contributed by atoms with E-state index in [1.54, 1.807) is 12.3 Å². The highest BCUT2D eigenvalue weighted by molar-refractivity contribution is 5.77. The number of likely N-dealkylation sites (tertiary alicyclic amines) is 1. The Labute approximate surface area is 150 Å². The first-order chi connectivity index (χ1) is 12.0. The lowest BCUT2D eigenvalue weighted by Gasteiger charge is -2.48. The van der Waals surface area contributed by atoms with Crippen LogP contribution in [-0.4, -0.2) is 42.0 Å². The summed E-state index contributed by atoms with van der Waals surface area (Å²) in [6.45, 7) is 8.07. The third-order valence-corrected chi connectivity index (χ3v) is 5.58. The largest absolute Gasteiger partial charge is 0.356 e. The van der Waals surface area contributed by atoms with Gasteiger partial charge >= 0.3 is 0 Å². The Bertz CT molecular complexity index is 666. The van der Waals surface area contributed by atoms with Crippen molar-refractivity contribution < 1.29 is 4.79 Å². The van der Waals surface area contributed by atoms with E-state index in [1.165, 1.54) is 6.42 Å². The van der Waals surface area contributed by atoms with Crippen LogP contribution in [0.2, 0.25) is 0 Å². The molecule has 5 nitrogen and oxygen atoms in total. The molecule has 5 heteroatoms. The summed E-state index contributed by atoms with van der Waals surface area (Å²) in [6.07, 6.45) is 6.71. The highest BCUT2D eigenvalue weighted by Crippen LogP contribution is 2.40. The van der Waals surface area contributed by atoms with Gasteiger partial charge in [0.1, 0.15) is 5.82 Å². The molecule has 134 valence electrons. The predicted molar refractivity (Wildman–Crippen MR) is 98.1 cm³/mol. The van der Waals surface area contributed by atoms with Gasteiger partial charge in [-0.25, -0.2) is 4.98 Å². The van der Waals surface area contributed by atoms with E-state index in [-0.39, 0.29) is 5.41 Å². The van der Waals surface area contributed by atoms with Crippen LogP contribution in [0.3, 0.4) is 0 Å². The van der Waals surface area contributed by atoms with E-state index < -0.39 is 0 Å². The van der Waals surface area contributed by atoms with Crippen molar-refractivity contribution in [1.82, 2.24) is 9.88 Å². The van der Waals surface area contributed by atoms with Gasteiger partial charge in [-0.1, -0.05) is 13.8 Å². The molecule has 2 aliphatic rings. The molecule has 1 atom stereocenters. The van der Waals surface area contributed by atoms with E-state index in [2.05, 4.69) is 34.7 Å². The molecule has 2 saturated heterocycles. The quantitative estimate of drug-likeness (QED) is 0.844. The molecule has 3 heterocycles. The first-order valence-corrected chi connectivity index (χ1v) is 9.40. The summed E-state index contributed by atoms with van der Waals surface area (Å²) in [5.41, 5.74) is 0.829. The van der Waals surface area contributed by atoms with Crippen LogP contribution in [0.4, 0.5) is 5.82 Å². The Morgan fingerprint density at radius 1 is 1.36 bits per heavy atom. The van der Waals surface area contributed by atoms with Crippen molar-refractivity contribution >= 4 is 11.7 Å². The van der Waals surface area contributed by atoms with E-state index in [4.69, 9.17) is 5.26 Å². The molecular formula is C20H28N4O. The number of piperidine rings is 2. The molecule has 3 rings (SSSR count). The van der Waals surface area contributed by atoms with Crippen LogP contribution in [0.5, 0.6) is 0 Å². The van der Waals surface area contributed by atoms with Crippen molar-refractivity contribution in [3.8, 4) is 6.07 Å². The van der Waals surface area contributed by atoms with Gasteiger partial charge in [-0.3, -0.25) is 4.79 Å². The Morgan fingerprint density at radius 2 is 2.20 bits per heavy atom. The fourth-order valence-electron chi connectivity index (χ4n) is 4.12. The summed E-state index contributed by atoms with van der Waals surface area (Å²) in [7, 11) is 0. The molecule has 0 N–H and O–H groups in total. The fourth-order valence-corrected chi connectivity index (χ4v) is 4.12. The maximum atomic E-state index is 12.3. The summed E-state index contributed by atoms with van der Waals surface area (Å²) in [5, 5.41) is 9.13. The number of hydrogen-bond donors (Lipinski definition) is 0. The summed E-state index contributed by atoms with van der Waals surface area (Å²) in [6, 6.07) is 5.82. The Hall–Kier alpha value is -2.09. The van der Waals surface area contributed by atoms with E-state index in [0.29, 0.717) is 23.8 Å². The second-order valence-electron chi connectivity index (χ2n) is 8.04. The van der Waals surface area contributed by atoms with Gasteiger partial charge in [0.15, 0.2) is 0 Å². The Balaban J connectivity index is 1.72. The third-order valence-electron chi connectivity index (χ3n) is 5.58. The molecule has 0 unspecified atom stereocenters. The number of hydrogen-bond acceptors (Lipinski definition) is 4. The van der Waals surface area contributed by atoms with Crippen molar-refractivity contribution in [3.05, 3.63) is 23.9 Å². The topological polar surface area (TPSA) is 60.2 Å². The SMILES string of the molecule is CC(C)CCN1C[C@]2(CCCN(c3cc(C#N)ccn3)C2)CCC1=O. The number of carbonyl (C=O) groups is 1. The first kappa shape index (κ1) is 17.7. The number of aromatic nitrogens is 1. The molecular weight excluding hydrogens is 312 g/mol. The molecule has 0 aromatic carbocycles. The molecule has 0 bridgehead atoms. The standard InChI is InChI=1S/C20H28N4O/c1-16(2)6-11-24-15-20(8-4-19(24)25)7-3-10-23(14-20)18-12-17(13-21)5-9-22-18/h5,9,12,16H,3-4,6-8,10-11,14-15H2,1-2H3/t20-/m1/s1. The van der Waals surface area contributed by atoms with Crippen LogP contribution < -0.4 is 4.90 Å². The molecule has 0 aliphatic carbocycles. The number of anilines is 1. The van der Waals surface area contributed by atoms with Crippen LogP contribution in [0.25, 0.3) is 0 Å². The summed E-state index contributed by atoms with van der Waals surface area (Å²) < 4.78 is 0.